The van der Waals surface area contributed by atoms with Gasteiger partial charge in [-0.1, -0.05) is 34.6 Å². The molecule has 180 valence electrons. The summed E-state index contributed by atoms with van der Waals surface area (Å²) in [5.74, 6) is -2.32. The van der Waals surface area contributed by atoms with Crippen molar-refractivity contribution in [1.82, 2.24) is 25.1 Å². The van der Waals surface area contributed by atoms with Gasteiger partial charge in [0.05, 0.1) is 5.69 Å². The molecule has 0 unspecified atom stereocenters. The van der Waals surface area contributed by atoms with E-state index in [1.54, 1.807) is 0 Å². The molecule has 2 amide bonds. The minimum Gasteiger partial charge on any atom is -0.357 e. The Kier molecular flexibility index (Phi) is 6.66. The molecule has 9 heteroatoms. The average Bonchev–Trinajstić information content (AvgIpc) is 2.97. The highest BCUT2D eigenvalue weighted by atomic mass is 19.2. The van der Waals surface area contributed by atoms with Gasteiger partial charge >= 0.3 is 0 Å². The second-order valence-electron chi connectivity index (χ2n) is 10.7. The summed E-state index contributed by atoms with van der Waals surface area (Å²) in [4.78, 5) is 32.6. The van der Waals surface area contributed by atoms with Crippen LogP contribution in [-0.4, -0.2) is 52.9 Å². The summed E-state index contributed by atoms with van der Waals surface area (Å²) >= 11 is 0. The number of fused-ring (bicyclic) bond motifs is 1. The van der Waals surface area contributed by atoms with E-state index in [9.17, 15) is 18.4 Å². The van der Waals surface area contributed by atoms with Gasteiger partial charge in [-0.05, 0) is 36.1 Å². The van der Waals surface area contributed by atoms with Crippen LogP contribution < -0.4 is 10.6 Å². The average molecular weight is 462 g/mol. The largest absolute Gasteiger partial charge is 0.357 e. The van der Waals surface area contributed by atoms with E-state index in [-0.39, 0.29) is 17.0 Å². The van der Waals surface area contributed by atoms with Gasteiger partial charge in [-0.25, -0.2) is 13.8 Å². The van der Waals surface area contributed by atoms with Crippen molar-refractivity contribution in [3.05, 3.63) is 41.2 Å². The van der Waals surface area contributed by atoms with Crippen molar-refractivity contribution in [2.75, 3.05) is 20.6 Å². The van der Waals surface area contributed by atoms with E-state index in [1.165, 1.54) is 13.1 Å². The van der Waals surface area contributed by atoms with E-state index in [4.69, 9.17) is 0 Å². The number of nitrogens with one attached hydrogen (secondary N) is 2. The highest BCUT2D eigenvalue weighted by molar-refractivity contribution is 5.97. The number of aromatic nitrogens is 2. The third-order valence-electron chi connectivity index (χ3n) is 5.82. The van der Waals surface area contributed by atoms with Gasteiger partial charge in [0.25, 0.3) is 5.91 Å². The Bertz CT molecular complexity index is 1070. The zero-order valence-corrected chi connectivity index (χ0v) is 20.3. The number of likely N-dealkylation sites (N-methyl/N-ethyl adjacent to an activating group) is 1. The zero-order valence-electron chi connectivity index (χ0n) is 20.3. The van der Waals surface area contributed by atoms with Crippen LogP contribution in [0.5, 0.6) is 0 Å². The fourth-order valence-electron chi connectivity index (χ4n) is 4.39. The van der Waals surface area contributed by atoms with E-state index in [2.05, 4.69) is 34.4 Å². The first-order valence-electron chi connectivity index (χ1n) is 11.0. The minimum atomic E-state index is -0.978. The van der Waals surface area contributed by atoms with Crippen molar-refractivity contribution in [2.24, 2.45) is 10.8 Å². The Labute approximate surface area is 193 Å². The molecule has 1 aromatic carbocycles. The molecule has 0 radical (unpaired) electrons. The van der Waals surface area contributed by atoms with Crippen molar-refractivity contribution in [1.29, 1.82) is 0 Å². The fourth-order valence-corrected chi connectivity index (χ4v) is 4.39. The standard InChI is InChI=1S/C24H33F2N5O2/c1-23(2,3)19(22(33)27-6)29-21(32)18-17-11-30(7)12-24(4,5)13-31(17)20(28-18)14-8-9-15(25)16(26)10-14/h8-10,19H,11-13H2,1-7H3,(H,27,33)(H,29,32)/t19-/m1/s1. The second kappa shape index (κ2) is 8.85. The number of rotatable bonds is 4. The van der Waals surface area contributed by atoms with Gasteiger partial charge in [-0.3, -0.25) is 14.5 Å². The molecule has 2 aromatic rings. The fraction of sp³-hybridized carbons (Fsp3) is 0.542. The maximum atomic E-state index is 14.0. The molecule has 7 nitrogen and oxygen atoms in total. The lowest BCUT2D eigenvalue weighted by Crippen LogP contribution is -2.53. The summed E-state index contributed by atoms with van der Waals surface area (Å²) < 4.78 is 29.5. The number of hydrogen-bond donors (Lipinski definition) is 2. The number of amides is 2. The number of carbonyl (C=O) groups is 2. The lowest BCUT2D eigenvalue weighted by atomic mass is 9.86. The van der Waals surface area contributed by atoms with Gasteiger partial charge in [0.1, 0.15) is 11.9 Å². The molecule has 0 saturated heterocycles. The molecule has 0 spiro atoms. The molecule has 1 aliphatic rings. The number of benzene rings is 1. The first kappa shape index (κ1) is 24.8. The zero-order chi connectivity index (χ0) is 24.7. The lowest BCUT2D eigenvalue weighted by molar-refractivity contribution is -0.124. The quantitative estimate of drug-likeness (QED) is 0.733. The Morgan fingerprint density at radius 2 is 1.82 bits per heavy atom. The first-order valence-corrected chi connectivity index (χ1v) is 11.0. The number of nitrogens with zero attached hydrogens (tertiary/aromatic N) is 3. The smallest absolute Gasteiger partial charge is 0.272 e. The Morgan fingerprint density at radius 1 is 1.15 bits per heavy atom. The highest BCUT2D eigenvalue weighted by Gasteiger charge is 2.36. The summed E-state index contributed by atoms with van der Waals surface area (Å²) in [7, 11) is 3.49. The van der Waals surface area contributed by atoms with Crippen molar-refractivity contribution in [2.45, 2.75) is 53.8 Å². The summed E-state index contributed by atoms with van der Waals surface area (Å²) in [6.45, 7) is 11.6. The van der Waals surface area contributed by atoms with Crippen LogP contribution >= 0.6 is 0 Å². The van der Waals surface area contributed by atoms with E-state index in [0.717, 1.165) is 18.7 Å². The second-order valence-corrected chi connectivity index (χ2v) is 10.7. The van der Waals surface area contributed by atoms with Crippen molar-refractivity contribution < 1.29 is 18.4 Å². The highest BCUT2D eigenvalue weighted by Crippen LogP contribution is 2.32. The predicted molar refractivity (Wildman–Crippen MR) is 122 cm³/mol. The number of imidazole rings is 1. The summed E-state index contributed by atoms with van der Waals surface area (Å²) in [5.41, 5.74) is 0.543. The van der Waals surface area contributed by atoms with Gasteiger partial charge in [-0.2, -0.15) is 0 Å². The molecule has 1 aliphatic heterocycles. The molecule has 2 N–H and O–H groups in total. The van der Waals surface area contributed by atoms with Gasteiger partial charge < -0.3 is 15.2 Å². The van der Waals surface area contributed by atoms with Crippen molar-refractivity contribution in [3.8, 4) is 11.4 Å². The van der Waals surface area contributed by atoms with Crippen molar-refractivity contribution in [3.63, 3.8) is 0 Å². The topological polar surface area (TPSA) is 79.3 Å². The molecule has 1 aromatic heterocycles. The molecule has 0 saturated carbocycles. The molecule has 2 heterocycles. The molecule has 0 bridgehead atoms. The van der Waals surface area contributed by atoms with Gasteiger partial charge in [-0.15, -0.1) is 0 Å². The Hall–Kier alpha value is -2.81. The lowest BCUT2D eigenvalue weighted by Gasteiger charge is -2.29. The van der Waals surface area contributed by atoms with Crippen LogP contribution in [0.4, 0.5) is 8.78 Å². The Balaban J connectivity index is 2.14. The molecule has 0 fully saturated rings. The van der Waals surface area contributed by atoms with Crippen LogP contribution in [0.3, 0.4) is 0 Å². The van der Waals surface area contributed by atoms with E-state index < -0.39 is 29.0 Å². The van der Waals surface area contributed by atoms with Crippen molar-refractivity contribution >= 4 is 11.8 Å². The maximum Gasteiger partial charge on any atom is 0.272 e. The van der Waals surface area contributed by atoms with E-state index in [1.807, 2.05) is 32.4 Å². The summed E-state index contributed by atoms with van der Waals surface area (Å²) in [5, 5.41) is 5.43. The van der Waals surface area contributed by atoms with Gasteiger partial charge in [0.2, 0.25) is 5.91 Å². The van der Waals surface area contributed by atoms with E-state index in [0.29, 0.717) is 30.2 Å². The molecule has 1 atom stereocenters. The molecule has 33 heavy (non-hydrogen) atoms. The molecule has 0 aliphatic carbocycles. The van der Waals surface area contributed by atoms with Crippen LogP contribution in [0.1, 0.15) is 50.8 Å². The molecule has 3 rings (SSSR count). The summed E-state index contributed by atoms with van der Waals surface area (Å²) in [6.07, 6.45) is 0. The van der Waals surface area contributed by atoms with Crippen LogP contribution in [0.2, 0.25) is 0 Å². The molecular formula is C24H33F2N5O2. The van der Waals surface area contributed by atoms with Gasteiger partial charge in [0.15, 0.2) is 17.3 Å². The first-order chi connectivity index (χ1) is 15.2. The van der Waals surface area contributed by atoms with Crippen LogP contribution in [0.25, 0.3) is 11.4 Å². The van der Waals surface area contributed by atoms with Gasteiger partial charge in [0, 0.05) is 32.2 Å². The third-order valence-corrected chi connectivity index (χ3v) is 5.82. The maximum absolute atomic E-state index is 14.0. The van der Waals surface area contributed by atoms with Crippen LogP contribution in [0, 0.1) is 22.5 Å². The Morgan fingerprint density at radius 3 is 2.39 bits per heavy atom. The van der Waals surface area contributed by atoms with Crippen LogP contribution in [-0.2, 0) is 17.9 Å². The number of hydrogen-bond acceptors (Lipinski definition) is 4. The molecular weight excluding hydrogens is 428 g/mol. The monoisotopic (exact) mass is 461 g/mol. The third kappa shape index (κ3) is 5.24. The SMILES string of the molecule is CNC(=O)[C@@H](NC(=O)c1nc(-c2ccc(F)c(F)c2)n2c1CN(C)CC(C)(C)C2)C(C)(C)C. The predicted octanol–water partition coefficient (Wildman–Crippen LogP) is 3.19. The minimum absolute atomic E-state index is 0.155. The number of carbonyl (C=O) groups excluding carboxylic acids is 2. The van der Waals surface area contributed by atoms with E-state index >= 15 is 0 Å². The summed E-state index contributed by atoms with van der Waals surface area (Å²) in [6, 6.07) is 2.83. The van der Waals surface area contributed by atoms with Crippen LogP contribution in [0.15, 0.2) is 18.2 Å². The number of halogens is 2. The normalized spacial score (nSPS) is 17.1.